The monoisotopic (exact) mass is 219 g/mol. The smallest absolute Gasteiger partial charge is 0.0372 e. The summed E-state index contributed by atoms with van der Waals surface area (Å²) in [7, 11) is 0. The third kappa shape index (κ3) is 4.69. The van der Waals surface area contributed by atoms with Crippen LogP contribution in [-0.2, 0) is 6.42 Å². The number of rotatable bonds is 8. The van der Waals surface area contributed by atoms with Gasteiger partial charge in [-0.1, -0.05) is 57.7 Å². The van der Waals surface area contributed by atoms with Crippen LogP contribution in [0.3, 0.4) is 0 Å². The molecule has 0 aliphatic carbocycles. The lowest BCUT2D eigenvalue weighted by Crippen LogP contribution is -2.04. The third-order valence-electron chi connectivity index (χ3n) is 2.88. The average molecular weight is 219 g/mol. The Bertz CT molecular complexity index is 281. The van der Waals surface area contributed by atoms with E-state index in [4.69, 9.17) is 0 Å². The zero-order valence-electron chi connectivity index (χ0n) is 10.8. The van der Waals surface area contributed by atoms with Crippen molar-refractivity contribution in [2.24, 2.45) is 0 Å². The van der Waals surface area contributed by atoms with E-state index in [1.807, 2.05) is 0 Å². The van der Waals surface area contributed by atoms with Crippen LogP contribution in [0.2, 0.25) is 0 Å². The van der Waals surface area contributed by atoms with Crippen LogP contribution < -0.4 is 5.32 Å². The van der Waals surface area contributed by atoms with Crippen LogP contribution in [-0.4, -0.2) is 6.54 Å². The number of unbranched alkanes of at least 4 members (excludes halogenated alkanes) is 3. The summed E-state index contributed by atoms with van der Waals surface area (Å²) < 4.78 is 0. The molecule has 16 heavy (non-hydrogen) atoms. The van der Waals surface area contributed by atoms with Crippen LogP contribution in [0.5, 0.6) is 0 Å². The van der Waals surface area contributed by atoms with Gasteiger partial charge < -0.3 is 5.32 Å². The summed E-state index contributed by atoms with van der Waals surface area (Å²) in [5.74, 6) is 0. The van der Waals surface area contributed by atoms with E-state index in [9.17, 15) is 0 Å². The summed E-state index contributed by atoms with van der Waals surface area (Å²) in [6.45, 7) is 5.60. The molecule has 1 aromatic carbocycles. The maximum atomic E-state index is 3.56. The Hall–Kier alpha value is -0.980. The van der Waals surface area contributed by atoms with Crippen molar-refractivity contribution in [1.82, 2.24) is 0 Å². The zero-order chi connectivity index (χ0) is 11.6. The van der Waals surface area contributed by atoms with Gasteiger partial charge in [-0.2, -0.15) is 0 Å². The van der Waals surface area contributed by atoms with Gasteiger partial charge in [0.15, 0.2) is 0 Å². The van der Waals surface area contributed by atoms with Gasteiger partial charge in [0.1, 0.15) is 0 Å². The second kappa shape index (κ2) is 8.20. The standard InChI is InChI=1S/C15H25N/c1-3-5-6-9-13-16-15-12-8-7-11-14(15)10-4-2/h7-8,11-12,16H,3-6,9-10,13H2,1-2H3. The number of anilines is 1. The summed E-state index contributed by atoms with van der Waals surface area (Å²) >= 11 is 0. The normalized spacial score (nSPS) is 10.4. The van der Waals surface area contributed by atoms with Gasteiger partial charge >= 0.3 is 0 Å². The molecule has 0 heterocycles. The van der Waals surface area contributed by atoms with Crippen LogP contribution >= 0.6 is 0 Å². The van der Waals surface area contributed by atoms with E-state index in [-0.39, 0.29) is 0 Å². The predicted octanol–water partition coefficient (Wildman–Crippen LogP) is 4.63. The Morgan fingerprint density at radius 1 is 0.938 bits per heavy atom. The molecular weight excluding hydrogens is 194 g/mol. The van der Waals surface area contributed by atoms with Crippen molar-refractivity contribution in [2.75, 3.05) is 11.9 Å². The number of hydrogen-bond donors (Lipinski definition) is 1. The molecule has 0 bridgehead atoms. The van der Waals surface area contributed by atoms with Crippen molar-refractivity contribution < 1.29 is 0 Å². The van der Waals surface area contributed by atoms with E-state index in [0.29, 0.717) is 0 Å². The lowest BCUT2D eigenvalue weighted by atomic mass is 10.1. The van der Waals surface area contributed by atoms with Gasteiger partial charge in [0.2, 0.25) is 0 Å². The highest BCUT2D eigenvalue weighted by atomic mass is 14.9. The molecule has 1 heteroatoms. The first-order valence-corrected chi connectivity index (χ1v) is 6.70. The maximum Gasteiger partial charge on any atom is 0.0372 e. The Balaban J connectivity index is 2.34. The van der Waals surface area contributed by atoms with Crippen molar-refractivity contribution in [3.05, 3.63) is 29.8 Å². The van der Waals surface area contributed by atoms with Crippen molar-refractivity contribution in [1.29, 1.82) is 0 Å². The molecule has 0 radical (unpaired) electrons. The molecular formula is C15H25N. The molecule has 90 valence electrons. The fourth-order valence-corrected chi connectivity index (χ4v) is 1.95. The van der Waals surface area contributed by atoms with Crippen LogP contribution in [0, 0.1) is 0 Å². The Morgan fingerprint density at radius 3 is 2.50 bits per heavy atom. The topological polar surface area (TPSA) is 12.0 Å². The summed E-state index contributed by atoms with van der Waals surface area (Å²) in [6, 6.07) is 8.68. The molecule has 0 unspecified atom stereocenters. The summed E-state index contributed by atoms with van der Waals surface area (Å²) in [5, 5.41) is 3.56. The molecule has 0 spiro atoms. The highest BCUT2D eigenvalue weighted by molar-refractivity contribution is 5.51. The zero-order valence-corrected chi connectivity index (χ0v) is 10.8. The molecule has 1 nitrogen and oxygen atoms in total. The molecule has 0 aliphatic rings. The molecule has 0 saturated carbocycles. The quantitative estimate of drug-likeness (QED) is 0.628. The second-order valence-corrected chi connectivity index (χ2v) is 4.39. The van der Waals surface area contributed by atoms with Gasteiger partial charge in [-0.15, -0.1) is 0 Å². The molecule has 1 rings (SSSR count). The van der Waals surface area contributed by atoms with E-state index in [1.54, 1.807) is 0 Å². The molecule has 0 atom stereocenters. The molecule has 0 aliphatic heterocycles. The number of aryl methyl sites for hydroxylation is 1. The summed E-state index contributed by atoms with van der Waals surface area (Å²) in [4.78, 5) is 0. The highest BCUT2D eigenvalue weighted by Crippen LogP contribution is 2.16. The number of benzene rings is 1. The fourth-order valence-electron chi connectivity index (χ4n) is 1.95. The minimum Gasteiger partial charge on any atom is -0.385 e. The maximum absolute atomic E-state index is 3.56. The number of hydrogen-bond acceptors (Lipinski definition) is 1. The average Bonchev–Trinajstić information content (AvgIpc) is 2.31. The van der Waals surface area contributed by atoms with Gasteiger partial charge in [-0.25, -0.2) is 0 Å². The number of nitrogens with one attached hydrogen (secondary N) is 1. The van der Waals surface area contributed by atoms with Gasteiger partial charge in [-0.05, 0) is 24.5 Å². The van der Waals surface area contributed by atoms with Gasteiger partial charge in [0.25, 0.3) is 0 Å². The largest absolute Gasteiger partial charge is 0.385 e. The molecule has 0 fully saturated rings. The lowest BCUT2D eigenvalue weighted by Gasteiger charge is -2.11. The Labute approximate surface area is 100 Å². The molecule has 0 aromatic heterocycles. The summed E-state index contributed by atoms with van der Waals surface area (Å²) in [6.07, 6.45) is 7.70. The van der Waals surface area contributed by atoms with E-state index in [1.165, 1.54) is 49.8 Å². The minimum absolute atomic E-state index is 1.11. The molecule has 1 N–H and O–H groups in total. The summed E-state index contributed by atoms with van der Waals surface area (Å²) in [5.41, 5.74) is 2.79. The Morgan fingerprint density at radius 2 is 1.75 bits per heavy atom. The highest BCUT2D eigenvalue weighted by Gasteiger charge is 1.99. The van der Waals surface area contributed by atoms with E-state index in [2.05, 4.69) is 43.4 Å². The van der Waals surface area contributed by atoms with E-state index < -0.39 is 0 Å². The van der Waals surface area contributed by atoms with Crippen LogP contribution in [0.15, 0.2) is 24.3 Å². The van der Waals surface area contributed by atoms with Crippen molar-refractivity contribution in [3.63, 3.8) is 0 Å². The predicted molar refractivity (Wildman–Crippen MR) is 73.1 cm³/mol. The number of para-hydroxylation sites is 1. The SMILES string of the molecule is CCCCCCNc1ccccc1CCC. The lowest BCUT2D eigenvalue weighted by molar-refractivity contribution is 0.684. The fraction of sp³-hybridized carbons (Fsp3) is 0.600. The van der Waals surface area contributed by atoms with E-state index in [0.717, 1.165) is 6.54 Å². The van der Waals surface area contributed by atoms with E-state index >= 15 is 0 Å². The molecule has 1 aromatic rings. The van der Waals surface area contributed by atoms with Crippen LogP contribution in [0.25, 0.3) is 0 Å². The van der Waals surface area contributed by atoms with Crippen molar-refractivity contribution in [3.8, 4) is 0 Å². The van der Waals surface area contributed by atoms with Crippen molar-refractivity contribution in [2.45, 2.75) is 52.4 Å². The van der Waals surface area contributed by atoms with Gasteiger partial charge in [-0.3, -0.25) is 0 Å². The van der Waals surface area contributed by atoms with Crippen molar-refractivity contribution >= 4 is 5.69 Å². The first-order valence-electron chi connectivity index (χ1n) is 6.70. The van der Waals surface area contributed by atoms with Gasteiger partial charge in [0, 0.05) is 12.2 Å². The Kier molecular flexibility index (Phi) is 6.71. The first kappa shape index (κ1) is 13.1. The minimum atomic E-state index is 1.11. The third-order valence-corrected chi connectivity index (χ3v) is 2.88. The van der Waals surface area contributed by atoms with Gasteiger partial charge in [0.05, 0.1) is 0 Å². The molecule has 0 amide bonds. The van der Waals surface area contributed by atoms with Crippen LogP contribution in [0.4, 0.5) is 5.69 Å². The second-order valence-electron chi connectivity index (χ2n) is 4.39. The van der Waals surface area contributed by atoms with Crippen LogP contribution in [0.1, 0.15) is 51.5 Å². The molecule has 0 saturated heterocycles. The first-order chi connectivity index (χ1) is 7.88.